The zero-order valence-corrected chi connectivity index (χ0v) is 9.83. The van der Waals surface area contributed by atoms with Crippen LogP contribution in [0.5, 0.6) is 0 Å². The SMILES string of the molecule is CCc1ccc(N)c(-c2ccccc2)c1C. The van der Waals surface area contributed by atoms with Gasteiger partial charge in [0.05, 0.1) is 0 Å². The molecule has 82 valence electrons. The van der Waals surface area contributed by atoms with Gasteiger partial charge in [0.25, 0.3) is 0 Å². The molecule has 2 aromatic carbocycles. The van der Waals surface area contributed by atoms with Crippen LogP contribution in [-0.2, 0) is 6.42 Å². The van der Waals surface area contributed by atoms with E-state index in [-0.39, 0.29) is 0 Å². The number of benzene rings is 2. The first-order valence-corrected chi connectivity index (χ1v) is 5.67. The van der Waals surface area contributed by atoms with Gasteiger partial charge in [0.2, 0.25) is 0 Å². The second kappa shape index (κ2) is 4.40. The second-order valence-electron chi connectivity index (χ2n) is 4.03. The lowest BCUT2D eigenvalue weighted by Crippen LogP contribution is -1.96. The zero-order valence-electron chi connectivity index (χ0n) is 9.83. The third kappa shape index (κ3) is 1.81. The molecule has 2 N–H and O–H groups in total. The molecule has 2 aromatic rings. The van der Waals surface area contributed by atoms with E-state index in [9.17, 15) is 0 Å². The minimum atomic E-state index is 0.862. The molecule has 0 fully saturated rings. The van der Waals surface area contributed by atoms with E-state index in [2.05, 4.69) is 32.0 Å². The summed E-state index contributed by atoms with van der Waals surface area (Å²) in [6.45, 7) is 4.32. The Morgan fingerprint density at radius 3 is 2.31 bits per heavy atom. The van der Waals surface area contributed by atoms with Gasteiger partial charge in [-0.2, -0.15) is 0 Å². The van der Waals surface area contributed by atoms with Crippen molar-refractivity contribution in [1.29, 1.82) is 0 Å². The average molecular weight is 211 g/mol. The lowest BCUT2D eigenvalue weighted by atomic mass is 9.94. The predicted molar refractivity (Wildman–Crippen MR) is 70.4 cm³/mol. The Bertz CT molecular complexity index is 486. The Kier molecular flexibility index (Phi) is 2.95. The molecule has 16 heavy (non-hydrogen) atoms. The smallest absolute Gasteiger partial charge is 0.0396 e. The normalized spacial score (nSPS) is 10.4. The summed E-state index contributed by atoms with van der Waals surface area (Å²) in [5, 5.41) is 0. The summed E-state index contributed by atoms with van der Waals surface area (Å²) in [6, 6.07) is 14.5. The quantitative estimate of drug-likeness (QED) is 0.751. The number of hydrogen-bond donors (Lipinski definition) is 1. The molecule has 0 spiro atoms. The summed E-state index contributed by atoms with van der Waals surface area (Å²) in [5.74, 6) is 0. The molecule has 0 aliphatic rings. The lowest BCUT2D eigenvalue weighted by molar-refractivity contribution is 1.11. The Labute approximate surface area is 96.9 Å². The maximum absolute atomic E-state index is 6.08. The molecule has 0 heterocycles. The summed E-state index contributed by atoms with van der Waals surface area (Å²) in [7, 11) is 0. The van der Waals surface area contributed by atoms with Crippen molar-refractivity contribution < 1.29 is 0 Å². The summed E-state index contributed by atoms with van der Waals surface area (Å²) < 4.78 is 0. The van der Waals surface area contributed by atoms with Gasteiger partial charge in [0.1, 0.15) is 0 Å². The Morgan fingerprint density at radius 1 is 1.00 bits per heavy atom. The van der Waals surface area contributed by atoms with Gasteiger partial charge in [-0.05, 0) is 36.1 Å². The first-order chi connectivity index (χ1) is 7.74. The maximum Gasteiger partial charge on any atom is 0.0396 e. The third-order valence-electron chi connectivity index (χ3n) is 3.05. The van der Waals surface area contributed by atoms with E-state index < -0.39 is 0 Å². The van der Waals surface area contributed by atoms with E-state index in [1.165, 1.54) is 22.3 Å². The highest BCUT2D eigenvalue weighted by Crippen LogP contribution is 2.31. The molecule has 0 saturated carbocycles. The fraction of sp³-hybridized carbons (Fsp3) is 0.200. The van der Waals surface area contributed by atoms with Gasteiger partial charge < -0.3 is 5.73 Å². The van der Waals surface area contributed by atoms with E-state index in [1.54, 1.807) is 0 Å². The zero-order chi connectivity index (χ0) is 11.5. The highest BCUT2D eigenvalue weighted by Gasteiger charge is 2.08. The number of rotatable bonds is 2. The first-order valence-electron chi connectivity index (χ1n) is 5.67. The molecule has 1 heteroatoms. The molecule has 0 saturated heterocycles. The fourth-order valence-corrected chi connectivity index (χ4v) is 2.15. The van der Waals surface area contributed by atoms with Gasteiger partial charge in [0, 0.05) is 11.3 Å². The maximum atomic E-state index is 6.08. The molecule has 0 unspecified atom stereocenters. The van der Waals surface area contributed by atoms with Crippen LogP contribution in [0.3, 0.4) is 0 Å². The van der Waals surface area contributed by atoms with Crippen molar-refractivity contribution in [2.45, 2.75) is 20.3 Å². The van der Waals surface area contributed by atoms with Crippen LogP contribution < -0.4 is 5.73 Å². The minimum absolute atomic E-state index is 0.862. The minimum Gasteiger partial charge on any atom is -0.398 e. The summed E-state index contributed by atoms with van der Waals surface area (Å²) in [5.41, 5.74) is 12.0. The Morgan fingerprint density at radius 2 is 1.69 bits per heavy atom. The van der Waals surface area contributed by atoms with Gasteiger partial charge >= 0.3 is 0 Å². The van der Waals surface area contributed by atoms with Gasteiger partial charge in [-0.15, -0.1) is 0 Å². The highest BCUT2D eigenvalue weighted by atomic mass is 14.6. The molecular formula is C15H17N. The number of aryl methyl sites for hydroxylation is 1. The number of anilines is 1. The van der Waals surface area contributed by atoms with E-state index in [0.717, 1.165) is 12.1 Å². The molecule has 0 radical (unpaired) electrons. The van der Waals surface area contributed by atoms with Crippen LogP contribution in [0.1, 0.15) is 18.1 Å². The summed E-state index contributed by atoms with van der Waals surface area (Å²) >= 11 is 0. The second-order valence-corrected chi connectivity index (χ2v) is 4.03. The first kappa shape index (κ1) is 10.7. The molecule has 0 amide bonds. The summed E-state index contributed by atoms with van der Waals surface area (Å²) in [6.07, 6.45) is 1.05. The van der Waals surface area contributed by atoms with Crippen LogP contribution in [0.4, 0.5) is 5.69 Å². The standard InChI is InChI=1S/C15H17N/c1-3-12-9-10-14(16)15(11(12)2)13-7-5-4-6-8-13/h4-10H,3,16H2,1-2H3. The topological polar surface area (TPSA) is 26.0 Å². The molecule has 2 rings (SSSR count). The Balaban J connectivity index is 2.64. The van der Waals surface area contributed by atoms with Crippen LogP contribution in [-0.4, -0.2) is 0 Å². The van der Waals surface area contributed by atoms with E-state index in [4.69, 9.17) is 5.73 Å². The lowest BCUT2D eigenvalue weighted by Gasteiger charge is -2.13. The predicted octanol–water partition coefficient (Wildman–Crippen LogP) is 3.81. The fourth-order valence-electron chi connectivity index (χ4n) is 2.15. The Hall–Kier alpha value is -1.76. The largest absolute Gasteiger partial charge is 0.398 e. The van der Waals surface area contributed by atoms with Crippen molar-refractivity contribution in [3.63, 3.8) is 0 Å². The van der Waals surface area contributed by atoms with Crippen LogP contribution in [0.15, 0.2) is 42.5 Å². The molecule has 0 bridgehead atoms. The number of nitrogens with two attached hydrogens (primary N) is 1. The average Bonchev–Trinajstić information content (AvgIpc) is 2.31. The molecule has 0 atom stereocenters. The van der Waals surface area contributed by atoms with Gasteiger partial charge in [-0.3, -0.25) is 0 Å². The third-order valence-corrected chi connectivity index (χ3v) is 3.05. The van der Waals surface area contributed by atoms with E-state index >= 15 is 0 Å². The molecule has 0 aliphatic carbocycles. The monoisotopic (exact) mass is 211 g/mol. The van der Waals surface area contributed by atoms with Crippen molar-refractivity contribution in [1.82, 2.24) is 0 Å². The number of nitrogen functional groups attached to an aromatic ring is 1. The van der Waals surface area contributed by atoms with Crippen LogP contribution in [0.2, 0.25) is 0 Å². The van der Waals surface area contributed by atoms with Crippen LogP contribution in [0, 0.1) is 6.92 Å². The van der Waals surface area contributed by atoms with Gasteiger partial charge in [-0.25, -0.2) is 0 Å². The van der Waals surface area contributed by atoms with Gasteiger partial charge in [0.15, 0.2) is 0 Å². The van der Waals surface area contributed by atoms with Crippen molar-refractivity contribution in [2.75, 3.05) is 5.73 Å². The van der Waals surface area contributed by atoms with E-state index in [1.807, 2.05) is 24.3 Å². The molecule has 0 aliphatic heterocycles. The van der Waals surface area contributed by atoms with Crippen LogP contribution >= 0.6 is 0 Å². The van der Waals surface area contributed by atoms with E-state index in [0.29, 0.717) is 0 Å². The highest BCUT2D eigenvalue weighted by molar-refractivity contribution is 5.80. The summed E-state index contributed by atoms with van der Waals surface area (Å²) in [4.78, 5) is 0. The number of hydrogen-bond acceptors (Lipinski definition) is 1. The van der Waals surface area contributed by atoms with Crippen molar-refractivity contribution >= 4 is 5.69 Å². The van der Waals surface area contributed by atoms with Crippen molar-refractivity contribution in [2.24, 2.45) is 0 Å². The molecule has 1 nitrogen and oxygen atoms in total. The van der Waals surface area contributed by atoms with Crippen molar-refractivity contribution in [3.05, 3.63) is 53.6 Å². The molecule has 0 aromatic heterocycles. The van der Waals surface area contributed by atoms with Gasteiger partial charge in [-0.1, -0.05) is 43.3 Å². The van der Waals surface area contributed by atoms with Crippen molar-refractivity contribution in [3.8, 4) is 11.1 Å². The van der Waals surface area contributed by atoms with Crippen LogP contribution in [0.25, 0.3) is 11.1 Å². The molecular weight excluding hydrogens is 194 g/mol.